The highest BCUT2D eigenvalue weighted by molar-refractivity contribution is 5.77. The fourth-order valence-corrected chi connectivity index (χ4v) is 1.34. The van der Waals surface area contributed by atoms with Crippen molar-refractivity contribution < 1.29 is 14.7 Å². The van der Waals surface area contributed by atoms with Gasteiger partial charge in [-0.05, 0) is 12.3 Å². The molecule has 4 nitrogen and oxygen atoms in total. The molecule has 0 heterocycles. The van der Waals surface area contributed by atoms with Gasteiger partial charge in [-0.15, -0.1) is 0 Å². The normalized spacial score (nSPS) is 12.2. The van der Waals surface area contributed by atoms with Crippen molar-refractivity contribution in [2.45, 2.75) is 39.5 Å². The van der Waals surface area contributed by atoms with Crippen LogP contribution in [0.25, 0.3) is 0 Å². The summed E-state index contributed by atoms with van der Waals surface area (Å²) in [7, 11) is 1.77. The number of amides is 1. The van der Waals surface area contributed by atoms with E-state index < -0.39 is 5.97 Å². The molecule has 0 aromatic rings. The zero-order valence-corrected chi connectivity index (χ0v) is 9.82. The van der Waals surface area contributed by atoms with Crippen LogP contribution in [0, 0.1) is 5.92 Å². The van der Waals surface area contributed by atoms with Crippen LogP contribution in [0.1, 0.15) is 39.5 Å². The molecule has 4 heteroatoms. The molecule has 1 atom stereocenters. The van der Waals surface area contributed by atoms with Crippen LogP contribution in [0.5, 0.6) is 0 Å². The topological polar surface area (TPSA) is 57.6 Å². The maximum atomic E-state index is 11.6. The number of hydrogen-bond acceptors (Lipinski definition) is 2. The Bertz CT molecular complexity index is 216. The second-order valence-corrected chi connectivity index (χ2v) is 4.08. The van der Waals surface area contributed by atoms with Crippen molar-refractivity contribution in [3.63, 3.8) is 0 Å². The molecule has 0 rings (SSSR count). The lowest BCUT2D eigenvalue weighted by molar-refractivity contribution is -0.138. The molecule has 0 saturated carbocycles. The highest BCUT2D eigenvalue weighted by Gasteiger charge is 2.15. The van der Waals surface area contributed by atoms with E-state index in [1.165, 1.54) is 0 Å². The maximum Gasteiger partial charge on any atom is 0.303 e. The Labute approximate surface area is 91.3 Å². The number of carboxylic acids is 1. The second kappa shape index (κ2) is 7.26. The van der Waals surface area contributed by atoms with Crippen LogP contribution in [0.4, 0.5) is 0 Å². The van der Waals surface area contributed by atoms with Gasteiger partial charge >= 0.3 is 5.97 Å². The molecule has 0 saturated heterocycles. The Balaban J connectivity index is 3.85. The van der Waals surface area contributed by atoms with E-state index in [4.69, 9.17) is 5.11 Å². The van der Waals surface area contributed by atoms with E-state index in [1.807, 2.05) is 0 Å². The molecule has 0 fully saturated rings. The van der Waals surface area contributed by atoms with Crippen molar-refractivity contribution in [1.29, 1.82) is 0 Å². The average Bonchev–Trinajstić information content (AvgIpc) is 2.12. The van der Waals surface area contributed by atoms with E-state index in [0.29, 0.717) is 6.42 Å². The van der Waals surface area contributed by atoms with Gasteiger partial charge in [-0.2, -0.15) is 0 Å². The summed E-state index contributed by atoms with van der Waals surface area (Å²) in [4.78, 5) is 23.7. The molecular weight excluding hydrogens is 194 g/mol. The predicted molar refractivity (Wildman–Crippen MR) is 58.6 cm³/mol. The minimum atomic E-state index is -0.841. The van der Waals surface area contributed by atoms with Crippen LogP contribution in [0.3, 0.4) is 0 Å². The molecule has 1 amide bonds. The van der Waals surface area contributed by atoms with Gasteiger partial charge in [0.2, 0.25) is 5.91 Å². The second-order valence-electron chi connectivity index (χ2n) is 4.08. The largest absolute Gasteiger partial charge is 0.481 e. The van der Waals surface area contributed by atoms with Crippen LogP contribution in [0.2, 0.25) is 0 Å². The number of hydrogen-bond donors (Lipinski definition) is 1. The fraction of sp³-hybridized carbons (Fsp3) is 0.818. The Morgan fingerprint density at radius 2 is 1.93 bits per heavy atom. The first-order valence-corrected chi connectivity index (χ1v) is 5.43. The number of nitrogens with zero attached hydrogens (tertiary/aromatic N) is 1. The third-order valence-electron chi connectivity index (χ3n) is 2.32. The average molecular weight is 215 g/mol. The summed E-state index contributed by atoms with van der Waals surface area (Å²) in [5.41, 5.74) is 0. The maximum absolute atomic E-state index is 11.6. The smallest absolute Gasteiger partial charge is 0.303 e. The molecule has 0 aromatic heterocycles. The zero-order chi connectivity index (χ0) is 11.8. The van der Waals surface area contributed by atoms with Crippen LogP contribution < -0.4 is 0 Å². The van der Waals surface area contributed by atoms with E-state index in [-0.39, 0.29) is 18.2 Å². The molecule has 0 spiro atoms. The molecule has 0 aliphatic heterocycles. The number of carbonyl (C=O) groups is 2. The molecule has 0 aliphatic carbocycles. The Kier molecular flexibility index (Phi) is 6.75. The molecule has 1 unspecified atom stereocenters. The number of rotatable bonds is 7. The standard InChI is InChI=1S/C11H21NO3/c1-4-5-6-12(3)10(13)7-9(2)8-11(14)15/h9H,4-8H2,1-3H3,(H,14,15). The van der Waals surface area contributed by atoms with Crippen molar-refractivity contribution in [2.75, 3.05) is 13.6 Å². The quantitative estimate of drug-likeness (QED) is 0.703. The molecule has 0 radical (unpaired) electrons. The first-order chi connectivity index (χ1) is 6.97. The minimum absolute atomic E-state index is 0.0391. The van der Waals surface area contributed by atoms with Gasteiger partial charge in [-0.1, -0.05) is 20.3 Å². The molecule has 0 aromatic carbocycles. The van der Waals surface area contributed by atoms with Crippen molar-refractivity contribution >= 4 is 11.9 Å². The van der Waals surface area contributed by atoms with Crippen LogP contribution in [-0.2, 0) is 9.59 Å². The number of carbonyl (C=O) groups excluding carboxylic acids is 1. The Hall–Kier alpha value is -1.06. The predicted octanol–water partition coefficient (Wildman–Crippen LogP) is 1.75. The SMILES string of the molecule is CCCCN(C)C(=O)CC(C)CC(=O)O. The molecule has 1 N–H and O–H groups in total. The minimum Gasteiger partial charge on any atom is -0.481 e. The lowest BCUT2D eigenvalue weighted by Gasteiger charge is -2.18. The van der Waals surface area contributed by atoms with Crippen LogP contribution >= 0.6 is 0 Å². The third-order valence-corrected chi connectivity index (χ3v) is 2.32. The fourth-order valence-electron chi connectivity index (χ4n) is 1.34. The summed E-state index contributed by atoms with van der Waals surface area (Å²) < 4.78 is 0. The highest BCUT2D eigenvalue weighted by atomic mass is 16.4. The summed E-state index contributed by atoms with van der Waals surface area (Å²) in [5.74, 6) is -0.886. The Morgan fingerprint density at radius 1 is 1.33 bits per heavy atom. The first kappa shape index (κ1) is 13.9. The van der Waals surface area contributed by atoms with Crippen molar-refractivity contribution in [3.05, 3.63) is 0 Å². The van der Waals surface area contributed by atoms with Gasteiger partial charge in [-0.25, -0.2) is 0 Å². The monoisotopic (exact) mass is 215 g/mol. The third kappa shape index (κ3) is 6.94. The lowest BCUT2D eigenvalue weighted by atomic mass is 10.0. The summed E-state index contributed by atoms with van der Waals surface area (Å²) >= 11 is 0. The lowest BCUT2D eigenvalue weighted by Crippen LogP contribution is -2.29. The van der Waals surface area contributed by atoms with E-state index >= 15 is 0 Å². The van der Waals surface area contributed by atoms with E-state index in [1.54, 1.807) is 18.9 Å². The van der Waals surface area contributed by atoms with E-state index in [0.717, 1.165) is 19.4 Å². The molecule has 0 aliphatic rings. The number of unbranched alkanes of at least 4 members (excludes halogenated alkanes) is 1. The van der Waals surface area contributed by atoms with E-state index in [9.17, 15) is 9.59 Å². The van der Waals surface area contributed by atoms with Gasteiger partial charge in [0.1, 0.15) is 0 Å². The highest BCUT2D eigenvalue weighted by Crippen LogP contribution is 2.09. The van der Waals surface area contributed by atoms with E-state index in [2.05, 4.69) is 6.92 Å². The first-order valence-electron chi connectivity index (χ1n) is 5.43. The van der Waals surface area contributed by atoms with Crippen molar-refractivity contribution in [3.8, 4) is 0 Å². The van der Waals surface area contributed by atoms with Gasteiger partial charge in [0.15, 0.2) is 0 Å². The van der Waals surface area contributed by atoms with Crippen LogP contribution in [0.15, 0.2) is 0 Å². The van der Waals surface area contributed by atoms with Gasteiger partial charge in [0, 0.05) is 26.4 Å². The summed E-state index contributed by atoms with van der Waals surface area (Å²) in [5, 5.41) is 8.55. The summed E-state index contributed by atoms with van der Waals surface area (Å²) in [6.07, 6.45) is 2.44. The van der Waals surface area contributed by atoms with Crippen molar-refractivity contribution in [2.24, 2.45) is 5.92 Å². The molecule has 0 bridgehead atoms. The molecule has 15 heavy (non-hydrogen) atoms. The van der Waals surface area contributed by atoms with Gasteiger partial charge in [-0.3, -0.25) is 9.59 Å². The molecule has 88 valence electrons. The molecular formula is C11H21NO3. The van der Waals surface area contributed by atoms with Gasteiger partial charge in [0.05, 0.1) is 0 Å². The summed E-state index contributed by atoms with van der Waals surface area (Å²) in [6.45, 7) is 4.63. The van der Waals surface area contributed by atoms with Crippen LogP contribution in [-0.4, -0.2) is 35.5 Å². The number of aliphatic carboxylic acids is 1. The van der Waals surface area contributed by atoms with Gasteiger partial charge in [0.25, 0.3) is 0 Å². The summed E-state index contributed by atoms with van der Waals surface area (Å²) in [6, 6.07) is 0. The number of carboxylic acid groups (broad SMARTS) is 1. The zero-order valence-electron chi connectivity index (χ0n) is 9.82. The van der Waals surface area contributed by atoms with Crippen molar-refractivity contribution in [1.82, 2.24) is 4.90 Å². The Morgan fingerprint density at radius 3 is 2.40 bits per heavy atom. The van der Waals surface area contributed by atoms with Gasteiger partial charge < -0.3 is 10.0 Å².